The lowest BCUT2D eigenvalue weighted by Gasteiger charge is -2.36. The molecule has 0 spiro atoms. The summed E-state index contributed by atoms with van der Waals surface area (Å²) in [6.45, 7) is 1.21. The van der Waals surface area contributed by atoms with Crippen LogP contribution in [-0.4, -0.2) is 67.5 Å². The summed E-state index contributed by atoms with van der Waals surface area (Å²) in [7, 11) is -3.53. The molecule has 0 saturated carbocycles. The highest BCUT2D eigenvalue weighted by Gasteiger charge is 2.30. The smallest absolute Gasteiger partial charge is 0.293 e. The average molecular weight is 530 g/mol. The molecule has 0 aliphatic carbocycles. The van der Waals surface area contributed by atoms with E-state index in [-0.39, 0.29) is 36.9 Å². The zero-order chi connectivity index (χ0) is 26.0. The number of terminal acetylenes is 1. The number of benzene rings is 1. The second-order valence-corrected chi connectivity index (χ2v) is 10.4. The van der Waals surface area contributed by atoms with Gasteiger partial charge in [-0.05, 0) is 42.3 Å². The molecule has 0 radical (unpaired) electrons. The number of anilines is 1. The number of halogens is 1. The van der Waals surface area contributed by atoms with E-state index in [1.165, 1.54) is 4.31 Å². The molecule has 0 bridgehead atoms. The second kappa shape index (κ2) is 13.1. The molecule has 1 aromatic heterocycles. The summed E-state index contributed by atoms with van der Waals surface area (Å²) in [4.78, 5) is 18.8. The quantitative estimate of drug-likeness (QED) is 0.152. The molecule has 190 valence electrons. The predicted octanol–water partition coefficient (Wildman–Crippen LogP) is 3.11. The first-order valence-corrected chi connectivity index (χ1v) is 13.3. The number of carbonyl (C=O) groups is 1. The van der Waals surface area contributed by atoms with Crippen molar-refractivity contribution in [2.75, 3.05) is 38.1 Å². The molecule has 2 aromatic rings. The molecule has 1 aromatic carbocycles. The van der Waals surface area contributed by atoms with Crippen LogP contribution < -0.4 is 5.32 Å². The van der Waals surface area contributed by atoms with Crippen molar-refractivity contribution < 1.29 is 17.9 Å². The van der Waals surface area contributed by atoms with Gasteiger partial charge in [0.15, 0.2) is 0 Å². The van der Waals surface area contributed by atoms with Crippen molar-refractivity contribution in [2.24, 2.45) is 0 Å². The van der Waals surface area contributed by atoms with Gasteiger partial charge in [0.25, 0.3) is 5.91 Å². The number of ether oxygens (including phenoxy) is 1. The molecule has 1 aliphatic rings. The summed E-state index contributed by atoms with van der Waals surface area (Å²) in [5.41, 5.74) is 1.41. The monoisotopic (exact) mass is 529 g/mol. The minimum absolute atomic E-state index is 0.0323. The molecule has 0 atom stereocenters. The maximum absolute atomic E-state index is 13.1. The van der Waals surface area contributed by atoms with Crippen LogP contribution in [0, 0.1) is 17.8 Å². The molecule has 1 saturated heterocycles. The Kier molecular flexibility index (Phi) is 9.87. The van der Waals surface area contributed by atoms with Crippen molar-refractivity contribution in [1.29, 1.82) is 5.41 Å². The van der Waals surface area contributed by atoms with Gasteiger partial charge in [-0.1, -0.05) is 17.7 Å². The molecule has 1 aliphatic heterocycles. The highest BCUT2D eigenvalue weighted by atomic mass is 35.5. The maximum atomic E-state index is 13.1. The van der Waals surface area contributed by atoms with Crippen LogP contribution in [0.5, 0.6) is 0 Å². The third kappa shape index (κ3) is 7.55. The minimum atomic E-state index is -3.53. The summed E-state index contributed by atoms with van der Waals surface area (Å²) in [5.74, 6) is 1.84. The molecule has 9 nitrogen and oxygen atoms in total. The fourth-order valence-electron chi connectivity index (χ4n) is 3.65. The SMILES string of the molecule is C#CCCCO/C(C(=O)Nc1cccc(Cl)c1)=C(/C=N)N1CCN(S(=O)(=O)Cc2ccncc2)CC1. The van der Waals surface area contributed by atoms with Gasteiger partial charge in [0, 0.05) is 61.9 Å². The predicted molar refractivity (Wildman–Crippen MR) is 140 cm³/mol. The Morgan fingerprint density at radius 3 is 2.58 bits per heavy atom. The van der Waals surface area contributed by atoms with Crippen LogP contribution in [-0.2, 0) is 25.3 Å². The average Bonchev–Trinajstić information content (AvgIpc) is 2.86. The Morgan fingerprint density at radius 1 is 1.22 bits per heavy atom. The number of aromatic nitrogens is 1. The van der Waals surface area contributed by atoms with Crippen molar-refractivity contribution in [3.05, 3.63) is 70.8 Å². The highest BCUT2D eigenvalue weighted by molar-refractivity contribution is 7.88. The first-order chi connectivity index (χ1) is 17.3. The number of carbonyl (C=O) groups excluding carboxylic acids is 1. The van der Waals surface area contributed by atoms with E-state index in [1.807, 2.05) is 0 Å². The standard InChI is InChI=1S/C25H28ClN5O4S/c1-2-3-4-16-35-24(25(32)29-22-7-5-6-21(26)17-22)23(18-27)30-12-14-31(15-13-30)36(33,34)19-20-8-10-28-11-9-20/h1,5-11,17-18,27H,3-4,12-16,19H2,(H,29,32)/b24-23-,27-18?. The number of allylic oxidation sites excluding steroid dienone is 1. The van der Waals surface area contributed by atoms with Gasteiger partial charge < -0.3 is 20.4 Å². The summed E-state index contributed by atoms with van der Waals surface area (Å²) >= 11 is 6.02. The molecule has 3 rings (SSSR count). The summed E-state index contributed by atoms with van der Waals surface area (Å²) < 4.78 is 33.0. The largest absolute Gasteiger partial charge is 0.486 e. The Bertz CT molecular complexity index is 1240. The Balaban J connectivity index is 1.76. The number of unbranched alkanes of at least 4 members (excludes halogenated alkanes) is 1. The lowest BCUT2D eigenvalue weighted by Crippen LogP contribution is -2.49. The van der Waals surface area contributed by atoms with Gasteiger partial charge in [-0.25, -0.2) is 8.42 Å². The van der Waals surface area contributed by atoms with E-state index in [4.69, 9.17) is 28.2 Å². The van der Waals surface area contributed by atoms with Crippen molar-refractivity contribution in [3.63, 3.8) is 0 Å². The van der Waals surface area contributed by atoms with Gasteiger partial charge in [0.05, 0.1) is 12.4 Å². The summed E-state index contributed by atoms with van der Waals surface area (Å²) in [6.07, 6.45) is 10.5. The number of hydrogen-bond acceptors (Lipinski definition) is 7. The van der Waals surface area contributed by atoms with Gasteiger partial charge in [0.2, 0.25) is 15.8 Å². The van der Waals surface area contributed by atoms with E-state index in [0.717, 1.165) is 6.21 Å². The molecule has 0 unspecified atom stereocenters. The Labute approximate surface area is 216 Å². The van der Waals surface area contributed by atoms with Gasteiger partial charge in [-0.2, -0.15) is 4.31 Å². The van der Waals surface area contributed by atoms with Crippen LogP contribution in [0.2, 0.25) is 5.02 Å². The van der Waals surface area contributed by atoms with Crippen LogP contribution in [0.3, 0.4) is 0 Å². The van der Waals surface area contributed by atoms with Crippen molar-refractivity contribution in [3.8, 4) is 12.3 Å². The Morgan fingerprint density at radius 2 is 1.94 bits per heavy atom. The van der Waals surface area contributed by atoms with E-state index in [9.17, 15) is 13.2 Å². The van der Waals surface area contributed by atoms with Crippen LogP contribution in [0.25, 0.3) is 0 Å². The van der Waals surface area contributed by atoms with Crippen molar-refractivity contribution >= 4 is 39.4 Å². The lowest BCUT2D eigenvalue weighted by molar-refractivity contribution is -0.116. The number of amides is 1. The first kappa shape index (κ1) is 27.2. The van der Waals surface area contributed by atoms with Crippen LogP contribution in [0.1, 0.15) is 18.4 Å². The van der Waals surface area contributed by atoms with Crippen LogP contribution in [0.15, 0.2) is 60.2 Å². The van der Waals surface area contributed by atoms with E-state index in [1.54, 1.807) is 53.7 Å². The zero-order valence-electron chi connectivity index (χ0n) is 19.7. The molecule has 1 fully saturated rings. The third-order valence-corrected chi connectivity index (χ3v) is 7.53. The fraction of sp³-hybridized carbons (Fsp3) is 0.320. The van der Waals surface area contributed by atoms with E-state index in [2.05, 4.69) is 16.2 Å². The van der Waals surface area contributed by atoms with E-state index >= 15 is 0 Å². The summed E-state index contributed by atoms with van der Waals surface area (Å²) in [6, 6.07) is 10.0. The van der Waals surface area contributed by atoms with Crippen molar-refractivity contribution in [2.45, 2.75) is 18.6 Å². The van der Waals surface area contributed by atoms with Crippen LogP contribution >= 0.6 is 11.6 Å². The Hall–Kier alpha value is -3.39. The molecule has 11 heteroatoms. The van der Waals surface area contributed by atoms with Gasteiger partial charge in [0.1, 0.15) is 5.70 Å². The minimum Gasteiger partial charge on any atom is -0.486 e. The van der Waals surface area contributed by atoms with Gasteiger partial charge >= 0.3 is 0 Å². The molecule has 2 N–H and O–H groups in total. The normalized spacial score (nSPS) is 14.9. The third-order valence-electron chi connectivity index (χ3n) is 5.44. The van der Waals surface area contributed by atoms with Gasteiger partial charge in [-0.15, -0.1) is 12.3 Å². The highest BCUT2D eigenvalue weighted by Crippen LogP contribution is 2.20. The molecular formula is C25H28ClN5O4S. The number of piperazine rings is 1. The second-order valence-electron chi connectivity index (χ2n) is 7.98. The molecular weight excluding hydrogens is 502 g/mol. The summed E-state index contributed by atoms with van der Waals surface area (Å²) in [5, 5.41) is 11.2. The maximum Gasteiger partial charge on any atom is 0.293 e. The van der Waals surface area contributed by atoms with E-state index in [0.29, 0.717) is 42.2 Å². The van der Waals surface area contributed by atoms with E-state index < -0.39 is 15.9 Å². The first-order valence-electron chi connectivity index (χ1n) is 11.3. The topological polar surface area (TPSA) is 116 Å². The molecule has 36 heavy (non-hydrogen) atoms. The van der Waals surface area contributed by atoms with Crippen molar-refractivity contribution in [1.82, 2.24) is 14.2 Å². The lowest BCUT2D eigenvalue weighted by atomic mass is 10.2. The zero-order valence-corrected chi connectivity index (χ0v) is 21.3. The molecule has 1 amide bonds. The molecule has 2 heterocycles. The van der Waals surface area contributed by atoms with Gasteiger partial charge in [-0.3, -0.25) is 9.78 Å². The number of nitrogens with zero attached hydrogens (tertiary/aromatic N) is 3. The fourth-order valence-corrected chi connectivity index (χ4v) is 5.35. The number of sulfonamides is 1. The number of rotatable bonds is 11. The number of nitrogens with one attached hydrogen (secondary N) is 2. The number of pyridine rings is 1. The van der Waals surface area contributed by atoms with Crippen LogP contribution in [0.4, 0.5) is 5.69 Å². The number of hydrogen-bond donors (Lipinski definition) is 2.